The van der Waals surface area contributed by atoms with E-state index in [4.69, 9.17) is 11.6 Å². The van der Waals surface area contributed by atoms with Crippen LogP contribution >= 0.6 is 23.4 Å². The summed E-state index contributed by atoms with van der Waals surface area (Å²) in [7, 11) is 1.97. The summed E-state index contributed by atoms with van der Waals surface area (Å²) in [6.07, 6.45) is 2.04. The van der Waals surface area contributed by atoms with Crippen LogP contribution < -0.4 is 5.32 Å². The summed E-state index contributed by atoms with van der Waals surface area (Å²) in [5, 5.41) is 4.02. The number of rotatable bonds is 4. The Bertz CT molecular complexity index is 301. The highest BCUT2D eigenvalue weighted by Gasteiger charge is 2.06. The molecule has 0 bridgehead atoms. The van der Waals surface area contributed by atoms with E-state index in [0.29, 0.717) is 5.92 Å². The highest BCUT2D eigenvalue weighted by Crippen LogP contribution is 2.28. The summed E-state index contributed by atoms with van der Waals surface area (Å²) in [4.78, 5) is 1.15. The van der Waals surface area contributed by atoms with E-state index in [0.717, 1.165) is 16.5 Å². The SMILES string of the molecule is CNCC(C)c1ccc(SC)c(Cl)c1. The van der Waals surface area contributed by atoms with E-state index in [1.165, 1.54) is 5.56 Å². The second-order valence-electron chi connectivity index (χ2n) is 3.35. The van der Waals surface area contributed by atoms with E-state index in [1.807, 2.05) is 13.3 Å². The summed E-state index contributed by atoms with van der Waals surface area (Å²) in [5.74, 6) is 0.508. The van der Waals surface area contributed by atoms with Crippen molar-refractivity contribution in [3.8, 4) is 0 Å². The molecule has 0 amide bonds. The maximum absolute atomic E-state index is 6.13. The zero-order chi connectivity index (χ0) is 10.6. The van der Waals surface area contributed by atoms with E-state index in [-0.39, 0.29) is 0 Å². The molecule has 0 aliphatic carbocycles. The first-order valence-electron chi connectivity index (χ1n) is 4.67. The predicted molar refractivity (Wildman–Crippen MR) is 65.6 cm³/mol. The van der Waals surface area contributed by atoms with Crippen LogP contribution in [0, 0.1) is 0 Å². The lowest BCUT2D eigenvalue weighted by molar-refractivity contribution is 0.677. The minimum atomic E-state index is 0.508. The number of nitrogens with one attached hydrogen (secondary N) is 1. The van der Waals surface area contributed by atoms with Gasteiger partial charge in [-0.2, -0.15) is 0 Å². The van der Waals surface area contributed by atoms with Gasteiger partial charge in [-0.3, -0.25) is 0 Å². The fourth-order valence-corrected chi connectivity index (χ4v) is 2.29. The van der Waals surface area contributed by atoms with Crippen LogP contribution in [0.1, 0.15) is 18.4 Å². The number of benzene rings is 1. The third-order valence-electron chi connectivity index (χ3n) is 2.26. The molecule has 0 radical (unpaired) electrons. The molecule has 1 aromatic carbocycles. The minimum absolute atomic E-state index is 0.508. The average molecular weight is 230 g/mol. The molecule has 1 rings (SSSR count). The van der Waals surface area contributed by atoms with Crippen LogP contribution in [0.25, 0.3) is 0 Å². The zero-order valence-corrected chi connectivity index (χ0v) is 10.4. The number of likely N-dealkylation sites (N-methyl/N-ethyl adjacent to an activating group) is 1. The van der Waals surface area contributed by atoms with E-state index < -0.39 is 0 Å². The molecule has 0 spiro atoms. The lowest BCUT2D eigenvalue weighted by atomic mass is 10.0. The van der Waals surface area contributed by atoms with Gasteiger partial charge < -0.3 is 5.32 Å². The summed E-state index contributed by atoms with van der Waals surface area (Å²) in [6.45, 7) is 3.18. The van der Waals surface area contributed by atoms with Crippen molar-refractivity contribution in [3.05, 3.63) is 28.8 Å². The number of hydrogen-bond acceptors (Lipinski definition) is 2. The molecule has 0 saturated carbocycles. The van der Waals surface area contributed by atoms with Crippen molar-refractivity contribution in [3.63, 3.8) is 0 Å². The summed E-state index contributed by atoms with van der Waals surface area (Å²) < 4.78 is 0. The Hall–Kier alpha value is -0.180. The van der Waals surface area contributed by atoms with Crippen LogP contribution in [0.3, 0.4) is 0 Å². The average Bonchev–Trinajstić information content (AvgIpc) is 2.18. The van der Waals surface area contributed by atoms with E-state index >= 15 is 0 Å². The molecule has 0 aromatic heterocycles. The second kappa shape index (κ2) is 5.64. The van der Waals surface area contributed by atoms with Gasteiger partial charge in [0.25, 0.3) is 0 Å². The summed E-state index contributed by atoms with van der Waals surface area (Å²) in [5.41, 5.74) is 1.29. The Morgan fingerprint density at radius 1 is 1.50 bits per heavy atom. The maximum atomic E-state index is 6.13. The van der Waals surface area contributed by atoms with Gasteiger partial charge in [-0.05, 0) is 36.9 Å². The molecule has 1 unspecified atom stereocenters. The summed E-state index contributed by atoms with van der Waals surface area (Å²) in [6, 6.07) is 6.31. The molecule has 0 aliphatic heterocycles. The van der Waals surface area contributed by atoms with Crippen LogP contribution in [0.4, 0.5) is 0 Å². The lowest BCUT2D eigenvalue weighted by Crippen LogP contribution is -2.14. The first-order valence-corrected chi connectivity index (χ1v) is 6.27. The van der Waals surface area contributed by atoms with Crippen molar-refractivity contribution >= 4 is 23.4 Å². The third-order valence-corrected chi connectivity index (χ3v) is 3.48. The first kappa shape index (κ1) is 11.9. The van der Waals surface area contributed by atoms with Gasteiger partial charge in [-0.25, -0.2) is 0 Å². The van der Waals surface area contributed by atoms with Gasteiger partial charge in [0.2, 0.25) is 0 Å². The fraction of sp³-hybridized carbons (Fsp3) is 0.455. The molecule has 1 atom stereocenters. The van der Waals surface area contributed by atoms with Crippen LogP contribution in [0.5, 0.6) is 0 Å². The van der Waals surface area contributed by atoms with Gasteiger partial charge in [-0.1, -0.05) is 24.6 Å². The Balaban J connectivity index is 2.85. The van der Waals surface area contributed by atoms with Crippen molar-refractivity contribution in [1.82, 2.24) is 5.32 Å². The number of hydrogen-bond donors (Lipinski definition) is 1. The standard InChI is InChI=1S/C11H16ClNS/c1-8(7-13-2)9-4-5-11(14-3)10(12)6-9/h4-6,8,13H,7H2,1-3H3. The van der Waals surface area contributed by atoms with Crippen molar-refractivity contribution in [2.45, 2.75) is 17.7 Å². The maximum Gasteiger partial charge on any atom is 0.0544 e. The molecule has 0 heterocycles. The zero-order valence-electron chi connectivity index (χ0n) is 8.80. The smallest absolute Gasteiger partial charge is 0.0544 e. The highest BCUT2D eigenvalue weighted by molar-refractivity contribution is 7.98. The molecule has 0 saturated heterocycles. The number of halogens is 1. The van der Waals surface area contributed by atoms with Gasteiger partial charge >= 0.3 is 0 Å². The van der Waals surface area contributed by atoms with E-state index in [2.05, 4.69) is 30.4 Å². The summed E-state index contributed by atoms with van der Waals surface area (Å²) >= 11 is 7.81. The van der Waals surface area contributed by atoms with Crippen LogP contribution in [0.15, 0.2) is 23.1 Å². The second-order valence-corrected chi connectivity index (χ2v) is 4.61. The minimum Gasteiger partial charge on any atom is -0.319 e. The molecule has 78 valence electrons. The molecule has 1 aromatic rings. The monoisotopic (exact) mass is 229 g/mol. The van der Waals surface area contributed by atoms with Gasteiger partial charge in [0.05, 0.1) is 5.02 Å². The molecular formula is C11H16ClNS. The Kier molecular flexibility index (Phi) is 4.79. The fourth-order valence-electron chi connectivity index (χ4n) is 1.41. The quantitative estimate of drug-likeness (QED) is 0.795. The Morgan fingerprint density at radius 2 is 2.21 bits per heavy atom. The molecule has 14 heavy (non-hydrogen) atoms. The van der Waals surface area contributed by atoms with Gasteiger partial charge in [0.1, 0.15) is 0 Å². The van der Waals surface area contributed by atoms with Crippen molar-refractivity contribution in [2.75, 3.05) is 19.8 Å². The largest absolute Gasteiger partial charge is 0.319 e. The van der Waals surface area contributed by atoms with E-state index in [1.54, 1.807) is 11.8 Å². The van der Waals surface area contributed by atoms with Gasteiger partial charge in [-0.15, -0.1) is 11.8 Å². The lowest BCUT2D eigenvalue weighted by Gasteiger charge is -2.12. The van der Waals surface area contributed by atoms with Gasteiger partial charge in [0.15, 0.2) is 0 Å². The third kappa shape index (κ3) is 2.91. The molecular weight excluding hydrogens is 214 g/mol. The van der Waals surface area contributed by atoms with Crippen LogP contribution in [0.2, 0.25) is 5.02 Å². The molecule has 1 N–H and O–H groups in total. The molecule has 1 nitrogen and oxygen atoms in total. The number of thioether (sulfide) groups is 1. The Labute approximate surface area is 95.2 Å². The molecule has 3 heteroatoms. The highest BCUT2D eigenvalue weighted by atomic mass is 35.5. The van der Waals surface area contributed by atoms with Crippen molar-refractivity contribution in [1.29, 1.82) is 0 Å². The van der Waals surface area contributed by atoms with Gasteiger partial charge in [0, 0.05) is 11.4 Å². The van der Waals surface area contributed by atoms with Crippen molar-refractivity contribution < 1.29 is 0 Å². The van der Waals surface area contributed by atoms with Crippen molar-refractivity contribution in [2.24, 2.45) is 0 Å². The van der Waals surface area contributed by atoms with Crippen LogP contribution in [-0.2, 0) is 0 Å². The van der Waals surface area contributed by atoms with E-state index in [9.17, 15) is 0 Å². The normalized spacial score (nSPS) is 12.9. The topological polar surface area (TPSA) is 12.0 Å². The first-order chi connectivity index (χ1) is 6.69. The molecule has 0 aliphatic rings. The van der Waals surface area contributed by atoms with Crippen LogP contribution in [-0.4, -0.2) is 19.8 Å². The Morgan fingerprint density at radius 3 is 2.71 bits per heavy atom. The predicted octanol–water partition coefficient (Wildman–Crippen LogP) is 3.38. The molecule has 0 fully saturated rings.